The van der Waals surface area contributed by atoms with Gasteiger partial charge in [-0.1, -0.05) is 82.5 Å². The number of amides is 1. The van der Waals surface area contributed by atoms with Gasteiger partial charge in [0.1, 0.15) is 18.2 Å². The van der Waals surface area contributed by atoms with Crippen molar-refractivity contribution in [3.63, 3.8) is 0 Å². The molecule has 1 heterocycles. The zero-order chi connectivity index (χ0) is 28.9. The molecule has 0 atom stereocenters. The SMILES string of the molecule is CCCCN1C(=O)C(/C=C/c2ccc(N(CCCC)CCCC)cc2-c2ccccc2)=C(C#N)C1=C(C#N)C#N. The van der Waals surface area contributed by atoms with Gasteiger partial charge in [-0.15, -0.1) is 0 Å². The fourth-order valence-corrected chi connectivity index (χ4v) is 4.80. The number of hydrogen-bond acceptors (Lipinski definition) is 5. The van der Waals surface area contributed by atoms with E-state index in [0.717, 1.165) is 67.6 Å². The molecule has 0 saturated carbocycles. The van der Waals surface area contributed by atoms with E-state index in [1.807, 2.05) is 43.3 Å². The second kappa shape index (κ2) is 15.1. The van der Waals surface area contributed by atoms with Gasteiger partial charge in [-0.3, -0.25) is 4.79 Å². The Morgan fingerprint density at radius 1 is 0.875 bits per heavy atom. The number of allylic oxidation sites excluding steroid dienone is 2. The first-order chi connectivity index (χ1) is 19.5. The predicted molar refractivity (Wildman–Crippen MR) is 160 cm³/mol. The van der Waals surface area contributed by atoms with E-state index in [2.05, 4.69) is 55.1 Å². The predicted octanol–water partition coefficient (Wildman–Crippen LogP) is 7.54. The summed E-state index contributed by atoms with van der Waals surface area (Å²) in [6.45, 7) is 8.74. The average Bonchev–Trinajstić information content (AvgIpc) is 3.26. The molecule has 1 aliphatic heterocycles. The van der Waals surface area contributed by atoms with Gasteiger partial charge in [0.25, 0.3) is 5.91 Å². The average molecular weight is 532 g/mol. The van der Waals surface area contributed by atoms with Crippen molar-refractivity contribution in [2.24, 2.45) is 0 Å². The maximum Gasteiger partial charge on any atom is 0.259 e. The standard InChI is InChI=1S/C34H37N5O/c1-4-7-19-38(20-8-5-2)29-17-15-27(31(22-29)26-13-11-10-12-14-26)16-18-30-32(25-37)33(28(23-35)24-36)39(34(30)40)21-9-6-3/h10-18,22H,4-9,19-21H2,1-3H3/b18-16+. The van der Waals surface area contributed by atoms with E-state index in [9.17, 15) is 20.6 Å². The normalized spacial score (nSPS) is 12.9. The number of benzene rings is 2. The molecule has 0 saturated heterocycles. The van der Waals surface area contributed by atoms with Crippen LogP contribution in [0.4, 0.5) is 5.69 Å². The Balaban J connectivity index is 2.12. The van der Waals surface area contributed by atoms with Gasteiger partial charge in [0, 0.05) is 25.3 Å². The van der Waals surface area contributed by atoms with Crippen LogP contribution in [0.2, 0.25) is 0 Å². The zero-order valence-electron chi connectivity index (χ0n) is 23.8. The van der Waals surface area contributed by atoms with Crippen LogP contribution in [-0.2, 0) is 4.79 Å². The lowest BCUT2D eigenvalue weighted by molar-refractivity contribution is -0.124. The molecule has 0 N–H and O–H groups in total. The third-order valence-electron chi connectivity index (χ3n) is 7.04. The Kier molecular flexibility index (Phi) is 11.3. The summed E-state index contributed by atoms with van der Waals surface area (Å²) < 4.78 is 0. The number of anilines is 1. The largest absolute Gasteiger partial charge is 0.372 e. The lowest BCUT2D eigenvalue weighted by atomic mass is 9.97. The second-order valence-electron chi connectivity index (χ2n) is 9.82. The maximum atomic E-state index is 13.5. The van der Waals surface area contributed by atoms with Crippen LogP contribution in [0.15, 0.2) is 77.0 Å². The van der Waals surface area contributed by atoms with Gasteiger partial charge in [0.05, 0.1) is 16.8 Å². The third kappa shape index (κ3) is 6.88. The summed E-state index contributed by atoms with van der Waals surface area (Å²) >= 11 is 0. The smallest absolute Gasteiger partial charge is 0.259 e. The lowest BCUT2D eigenvalue weighted by Crippen LogP contribution is -2.27. The van der Waals surface area contributed by atoms with Gasteiger partial charge in [-0.2, -0.15) is 15.8 Å². The lowest BCUT2D eigenvalue weighted by Gasteiger charge is -2.26. The fraction of sp³-hybridized carbons (Fsp3) is 0.353. The van der Waals surface area contributed by atoms with E-state index >= 15 is 0 Å². The summed E-state index contributed by atoms with van der Waals surface area (Å²) in [5, 5.41) is 29.1. The van der Waals surface area contributed by atoms with E-state index < -0.39 is 0 Å². The first kappa shape index (κ1) is 29.9. The zero-order valence-corrected chi connectivity index (χ0v) is 23.8. The quantitative estimate of drug-likeness (QED) is 0.249. The number of nitrogens with zero attached hydrogens (tertiary/aromatic N) is 5. The van der Waals surface area contributed by atoms with Gasteiger partial charge in [0.2, 0.25) is 0 Å². The molecule has 2 aromatic carbocycles. The monoisotopic (exact) mass is 531 g/mol. The number of hydrogen-bond donors (Lipinski definition) is 0. The molecule has 0 aliphatic carbocycles. The molecule has 2 aromatic rings. The Labute approximate surface area is 238 Å². The summed E-state index contributed by atoms with van der Waals surface area (Å²) in [7, 11) is 0. The molecule has 0 bridgehead atoms. The highest BCUT2D eigenvalue weighted by atomic mass is 16.2. The third-order valence-corrected chi connectivity index (χ3v) is 7.04. The van der Waals surface area contributed by atoms with E-state index in [0.29, 0.717) is 13.0 Å². The molecule has 6 nitrogen and oxygen atoms in total. The Hall–Kier alpha value is -4.60. The van der Waals surface area contributed by atoms with Crippen molar-refractivity contribution < 1.29 is 4.79 Å². The van der Waals surface area contributed by atoms with Crippen molar-refractivity contribution in [2.75, 3.05) is 24.5 Å². The Bertz CT molecular complexity index is 1390. The highest BCUT2D eigenvalue weighted by Gasteiger charge is 2.36. The minimum absolute atomic E-state index is 0.0682. The summed E-state index contributed by atoms with van der Waals surface area (Å²) in [6, 6.07) is 22.4. The minimum atomic E-state index is -0.359. The number of carbonyl (C=O) groups excluding carboxylic acids is 1. The first-order valence-corrected chi connectivity index (χ1v) is 14.2. The minimum Gasteiger partial charge on any atom is -0.372 e. The van der Waals surface area contributed by atoms with Gasteiger partial charge in [0.15, 0.2) is 5.57 Å². The van der Waals surface area contributed by atoms with E-state index in [1.165, 1.54) is 4.90 Å². The molecule has 40 heavy (non-hydrogen) atoms. The molecule has 3 rings (SSSR count). The van der Waals surface area contributed by atoms with Crippen molar-refractivity contribution >= 4 is 17.7 Å². The van der Waals surface area contributed by atoms with Gasteiger partial charge >= 0.3 is 0 Å². The molecule has 1 aliphatic rings. The van der Waals surface area contributed by atoms with Crippen LogP contribution >= 0.6 is 0 Å². The highest BCUT2D eigenvalue weighted by Crippen LogP contribution is 2.35. The van der Waals surface area contributed by atoms with E-state index in [1.54, 1.807) is 6.08 Å². The second-order valence-corrected chi connectivity index (χ2v) is 9.82. The Morgan fingerprint density at radius 2 is 1.52 bits per heavy atom. The summed E-state index contributed by atoms with van der Waals surface area (Å²) in [4.78, 5) is 17.3. The van der Waals surface area contributed by atoms with Crippen molar-refractivity contribution in [1.82, 2.24) is 4.90 Å². The van der Waals surface area contributed by atoms with Crippen molar-refractivity contribution in [3.8, 4) is 29.3 Å². The van der Waals surface area contributed by atoms with Crippen LogP contribution in [0, 0.1) is 34.0 Å². The van der Waals surface area contributed by atoms with Crippen LogP contribution in [0.3, 0.4) is 0 Å². The van der Waals surface area contributed by atoms with Crippen LogP contribution in [0.1, 0.15) is 64.9 Å². The fourth-order valence-electron chi connectivity index (χ4n) is 4.80. The molecule has 6 heteroatoms. The molecular formula is C34H37N5O. The summed E-state index contributed by atoms with van der Waals surface area (Å²) in [5.74, 6) is -0.359. The molecular weight excluding hydrogens is 494 g/mol. The number of carbonyl (C=O) groups is 1. The number of rotatable bonds is 13. The van der Waals surface area contributed by atoms with Crippen molar-refractivity contribution in [1.29, 1.82) is 15.8 Å². The van der Waals surface area contributed by atoms with Crippen molar-refractivity contribution in [3.05, 3.63) is 82.6 Å². The van der Waals surface area contributed by atoms with Crippen LogP contribution in [0.25, 0.3) is 17.2 Å². The molecule has 204 valence electrons. The van der Waals surface area contributed by atoms with E-state index in [-0.39, 0.29) is 28.3 Å². The van der Waals surface area contributed by atoms with Gasteiger partial charge < -0.3 is 9.80 Å². The van der Waals surface area contributed by atoms with E-state index in [4.69, 9.17) is 0 Å². The van der Waals surface area contributed by atoms with Gasteiger partial charge in [-0.25, -0.2) is 0 Å². The summed E-state index contributed by atoms with van der Waals surface area (Å²) in [5.41, 5.74) is 4.33. The first-order valence-electron chi connectivity index (χ1n) is 14.2. The van der Waals surface area contributed by atoms with Gasteiger partial charge in [-0.05, 0) is 54.2 Å². The number of unbranched alkanes of at least 4 members (excludes halogenated alkanes) is 3. The highest BCUT2D eigenvalue weighted by molar-refractivity contribution is 6.05. The molecule has 0 radical (unpaired) electrons. The van der Waals surface area contributed by atoms with Crippen molar-refractivity contribution in [2.45, 2.75) is 59.3 Å². The molecule has 0 fully saturated rings. The maximum absolute atomic E-state index is 13.5. The molecule has 0 spiro atoms. The molecule has 1 amide bonds. The topological polar surface area (TPSA) is 94.9 Å². The molecule has 0 aromatic heterocycles. The summed E-state index contributed by atoms with van der Waals surface area (Å²) in [6.07, 6.45) is 9.55. The Morgan fingerprint density at radius 3 is 2.10 bits per heavy atom. The van der Waals surface area contributed by atoms with Crippen LogP contribution in [0.5, 0.6) is 0 Å². The number of nitriles is 3. The molecule has 0 unspecified atom stereocenters. The van der Waals surface area contributed by atoms with Crippen LogP contribution < -0.4 is 4.90 Å². The van der Waals surface area contributed by atoms with Crippen LogP contribution in [-0.4, -0.2) is 30.4 Å².